The van der Waals surface area contributed by atoms with E-state index in [1.54, 1.807) is 0 Å². The fourth-order valence-electron chi connectivity index (χ4n) is 5.05. The number of carbonyl (C=O) groups is 1. The molecule has 0 atom stereocenters. The summed E-state index contributed by atoms with van der Waals surface area (Å²) in [7, 11) is 0. The number of aromatic nitrogens is 5. The monoisotopic (exact) mass is 570 g/mol. The molecule has 0 bridgehead atoms. The van der Waals surface area contributed by atoms with Gasteiger partial charge >= 0.3 is 5.97 Å². The quantitative estimate of drug-likeness (QED) is 0.222. The van der Waals surface area contributed by atoms with Crippen LogP contribution in [0, 0.1) is 0 Å². The van der Waals surface area contributed by atoms with Crippen LogP contribution < -0.4 is 20.4 Å². The van der Waals surface area contributed by atoms with Crippen LogP contribution in [0.1, 0.15) is 11.3 Å². The number of rotatable bonds is 10. The molecule has 2 saturated heterocycles. The van der Waals surface area contributed by atoms with Gasteiger partial charge in [0.05, 0.1) is 25.8 Å². The maximum atomic E-state index is 11.1. The predicted molar refractivity (Wildman–Crippen MR) is 160 cm³/mol. The number of nitrogens with zero attached hydrogens (tertiary/aromatic N) is 7. The van der Waals surface area contributed by atoms with E-state index in [2.05, 4.69) is 81.7 Å². The van der Waals surface area contributed by atoms with Gasteiger partial charge in [-0.25, -0.2) is 4.98 Å². The van der Waals surface area contributed by atoms with Crippen LogP contribution in [-0.4, -0.2) is 93.4 Å². The Morgan fingerprint density at radius 1 is 0.857 bits per heavy atom. The summed E-state index contributed by atoms with van der Waals surface area (Å²) in [5.74, 6) is 0.666. The summed E-state index contributed by atoms with van der Waals surface area (Å²) in [6.45, 7) is 7.42. The fourth-order valence-corrected chi connectivity index (χ4v) is 5.05. The molecule has 4 N–H and O–H groups in total. The van der Waals surface area contributed by atoms with Gasteiger partial charge in [0, 0.05) is 62.9 Å². The van der Waals surface area contributed by atoms with Crippen LogP contribution in [0.2, 0.25) is 0 Å². The summed E-state index contributed by atoms with van der Waals surface area (Å²) in [4.78, 5) is 39.2. The Kier molecular flexibility index (Phi) is 8.38. The number of imidazole rings is 1. The summed E-state index contributed by atoms with van der Waals surface area (Å²) < 4.78 is 5.47. The van der Waals surface area contributed by atoms with Gasteiger partial charge in [0.25, 0.3) is 0 Å². The Labute approximate surface area is 243 Å². The number of carboxylic acid groups (broad SMARTS) is 1. The van der Waals surface area contributed by atoms with Crippen LogP contribution in [0.3, 0.4) is 0 Å². The second kappa shape index (κ2) is 12.8. The van der Waals surface area contributed by atoms with Crippen molar-refractivity contribution in [1.82, 2.24) is 29.8 Å². The summed E-state index contributed by atoms with van der Waals surface area (Å²) in [6.07, 6.45) is 1.33. The molecule has 0 unspecified atom stereocenters. The Balaban J connectivity index is 1.18. The van der Waals surface area contributed by atoms with Gasteiger partial charge < -0.3 is 29.9 Å². The number of hydrogen-bond acceptors (Lipinski definition) is 11. The van der Waals surface area contributed by atoms with E-state index in [9.17, 15) is 4.79 Å². The molecule has 2 aliphatic heterocycles. The highest BCUT2D eigenvalue weighted by Crippen LogP contribution is 2.24. The summed E-state index contributed by atoms with van der Waals surface area (Å²) in [6, 6.07) is 18.6. The number of aliphatic carboxylic acids is 1. The first kappa shape index (κ1) is 27.4. The summed E-state index contributed by atoms with van der Waals surface area (Å²) in [5, 5.41) is 15.5. The number of carboxylic acids is 1. The van der Waals surface area contributed by atoms with Crippen LogP contribution in [0.15, 0.2) is 60.8 Å². The van der Waals surface area contributed by atoms with Crippen LogP contribution in [0.5, 0.6) is 0 Å². The third kappa shape index (κ3) is 7.11. The molecule has 4 aromatic rings. The van der Waals surface area contributed by atoms with Gasteiger partial charge in [0.15, 0.2) is 0 Å². The SMILES string of the molecule is O=C(O)Cc1cnc(Nc2nc(Nc3ccc(N4CCOCC4)cc3)nc(N3CCN(Cc4ccccc4)CC3)n2)[nH]1. The van der Waals surface area contributed by atoms with E-state index >= 15 is 0 Å². The van der Waals surface area contributed by atoms with Crippen molar-refractivity contribution in [2.24, 2.45) is 0 Å². The van der Waals surface area contributed by atoms with Crippen molar-refractivity contribution in [2.45, 2.75) is 13.0 Å². The Morgan fingerprint density at radius 2 is 1.57 bits per heavy atom. The maximum absolute atomic E-state index is 11.1. The zero-order valence-corrected chi connectivity index (χ0v) is 23.2. The van der Waals surface area contributed by atoms with Crippen molar-refractivity contribution < 1.29 is 14.6 Å². The smallest absolute Gasteiger partial charge is 0.309 e. The van der Waals surface area contributed by atoms with Crippen molar-refractivity contribution in [3.8, 4) is 0 Å². The first-order valence-corrected chi connectivity index (χ1v) is 14.1. The second-order valence-electron chi connectivity index (χ2n) is 10.3. The number of benzene rings is 2. The predicted octanol–water partition coefficient (Wildman–Crippen LogP) is 2.87. The van der Waals surface area contributed by atoms with Gasteiger partial charge in [-0.3, -0.25) is 15.0 Å². The fraction of sp³-hybridized carbons (Fsp3) is 0.345. The van der Waals surface area contributed by atoms with E-state index in [1.807, 2.05) is 18.2 Å². The summed E-state index contributed by atoms with van der Waals surface area (Å²) >= 11 is 0. The molecule has 0 spiro atoms. The highest BCUT2D eigenvalue weighted by molar-refractivity contribution is 5.69. The Hall–Kier alpha value is -4.75. The average molecular weight is 571 g/mol. The minimum Gasteiger partial charge on any atom is -0.481 e. The number of morpholine rings is 1. The minimum atomic E-state index is -0.940. The Morgan fingerprint density at radius 3 is 2.29 bits per heavy atom. The molecule has 0 amide bonds. The number of hydrogen-bond donors (Lipinski definition) is 4. The lowest BCUT2D eigenvalue weighted by Crippen LogP contribution is -2.46. The van der Waals surface area contributed by atoms with Crippen molar-refractivity contribution in [3.05, 3.63) is 72.1 Å². The average Bonchev–Trinajstić information content (AvgIpc) is 3.44. The van der Waals surface area contributed by atoms with Crippen LogP contribution >= 0.6 is 0 Å². The lowest BCUT2D eigenvalue weighted by Gasteiger charge is -2.34. The highest BCUT2D eigenvalue weighted by Gasteiger charge is 2.21. The largest absolute Gasteiger partial charge is 0.481 e. The number of aromatic amines is 1. The molecule has 2 aromatic carbocycles. The van der Waals surface area contributed by atoms with Crippen molar-refractivity contribution in [1.29, 1.82) is 0 Å². The molecule has 0 aliphatic carbocycles. The molecule has 42 heavy (non-hydrogen) atoms. The van der Waals surface area contributed by atoms with Gasteiger partial charge in [-0.2, -0.15) is 15.0 Å². The van der Waals surface area contributed by atoms with Gasteiger partial charge in [-0.05, 0) is 29.8 Å². The van der Waals surface area contributed by atoms with Crippen LogP contribution in [-0.2, 0) is 22.5 Å². The number of nitrogens with one attached hydrogen (secondary N) is 3. The third-order valence-electron chi connectivity index (χ3n) is 7.23. The van der Waals surface area contributed by atoms with E-state index in [1.165, 1.54) is 11.8 Å². The summed E-state index contributed by atoms with van der Waals surface area (Å²) in [5.41, 5.74) is 3.77. The Bertz CT molecular complexity index is 1470. The number of anilines is 6. The molecule has 0 saturated carbocycles. The van der Waals surface area contributed by atoms with E-state index < -0.39 is 5.97 Å². The van der Waals surface area contributed by atoms with E-state index in [-0.39, 0.29) is 6.42 Å². The van der Waals surface area contributed by atoms with E-state index in [0.29, 0.717) is 29.5 Å². The van der Waals surface area contributed by atoms with Crippen molar-refractivity contribution in [2.75, 3.05) is 72.9 Å². The van der Waals surface area contributed by atoms with Crippen molar-refractivity contribution >= 4 is 41.1 Å². The van der Waals surface area contributed by atoms with Crippen LogP contribution in [0.4, 0.5) is 35.2 Å². The number of H-pyrrole nitrogens is 1. The first-order chi connectivity index (χ1) is 20.6. The molecule has 218 valence electrons. The van der Waals surface area contributed by atoms with Gasteiger partial charge in [0.2, 0.25) is 23.8 Å². The maximum Gasteiger partial charge on any atom is 0.309 e. The lowest BCUT2D eigenvalue weighted by molar-refractivity contribution is -0.136. The molecule has 2 fully saturated rings. The molecular weight excluding hydrogens is 536 g/mol. The molecule has 6 rings (SSSR count). The molecule has 2 aliphatic rings. The van der Waals surface area contributed by atoms with Gasteiger partial charge in [-0.15, -0.1) is 0 Å². The van der Waals surface area contributed by atoms with E-state index in [0.717, 1.165) is 70.4 Å². The highest BCUT2D eigenvalue weighted by atomic mass is 16.5. The molecule has 2 aromatic heterocycles. The topological polar surface area (TPSA) is 148 Å². The molecule has 13 heteroatoms. The molecule has 0 radical (unpaired) electrons. The normalized spacial score (nSPS) is 15.9. The first-order valence-electron chi connectivity index (χ1n) is 14.1. The van der Waals surface area contributed by atoms with E-state index in [4.69, 9.17) is 14.8 Å². The zero-order chi connectivity index (χ0) is 28.7. The molecule has 4 heterocycles. The minimum absolute atomic E-state index is 0.155. The zero-order valence-electron chi connectivity index (χ0n) is 23.2. The number of ether oxygens (including phenoxy) is 1. The molecular formula is C29H34N10O3. The third-order valence-corrected chi connectivity index (χ3v) is 7.23. The second-order valence-corrected chi connectivity index (χ2v) is 10.3. The molecule has 13 nitrogen and oxygen atoms in total. The van der Waals surface area contributed by atoms with Gasteiger partial charge in [0.1, 0.15) is 0 Å². The van der Waals surface area contributed by atoms with Gasteiger partial charge in [-0.1, -0.05) is 30.3 Å². The lowest BCUT2D eigenvalue weighted by atomic mass is 10.2. The van der Waals surface area contributed by atoms with Crippen molar-refractivity contribution in [3.63, 3.8) is 0 Å². The standard InChI is InChI=1S/C29H34N10O3/c40-25(41)18-23-19-30-26(32-23)33-28-34-27(31-22-6-8-24(9-7-22)38-14-16-42-17-15-38)35-29(36-28)39-12-10-37(11-13-39)20-21-4-2-1-3-5-21/h1-9,19H,10-18,20H2,(H,40,41)(H3,30,31,32,33,34,35,36). The number of piperazine rings is 1. The van der Waals surface area contributed by atoms with Crippen LogP contribution in [0.25, 0.3) is 0 Å².